The molecule has 124 valence electrons. The minimum atomic E-state index is -4.20. The SMILES string of the molecule is CCCCOC1Oc2ccc(CNS(=O)(=O)O)cc2C1(C)C. The summed E-state index contributed by atoms with van der Waals surface area (Å²) in [5, 5.41) is 0. The van der Waals surface area contributed by atoms with Crippen molar-refractivity contribution in [1.82, 2.24) is 4.72 Å². The molecule has 1 atom stereocenters. The van der Waals surface area contributed by atoms with E-state index in [9.17, 15) is 8.42 Å². The van der Waals surface area contributed by atoms with Gasteiger partial charge in [-0.2, -0.15) is 13.1 Å². The predicted octanol–water partition coefficient (Wildman–Crippen LogP) is 2.39. The summed E-state index contributed by atoms with van der Waals surface area (Å²) in [6.07, 6.45) is 1.69. The first-order valence-corrected chi connectivity index (χ1v) is 8.82. The molecule has 0 amide bonds. The van der Waals surface area contributed by atoms with Gasteiger partial charge in [0.25, 0.3) is 0 Å². The molecule has 1 aromatic carbocycles. The average Bonchev–Trinajstić information content (AvgIpc) is 2.68. The first-order valence-electron chi connectivity index (χ1n) is 7.38. The molecule has 1 aliphatic rings. The normalized spacial score (nSPS) is 19.7. The molecule has 0 bridgehead atoms. The number of nitrogens with one attached hydrogen (secondary N) is 1. The summed E-state index contributed by atoms with van der Waals surface area (Å²) >= 11 is 0. The van der Waals surface area contributed by atoms with Crippen LogP contribution in [-0.2, 0) is 27.0 Å². The summed E-state index contributed by atoms with van der Waals surface area (Å²) in [5.74, 6) is 0.752. The molecule has 0 fully saturated rings. The second-order valence-corrected chi connectivity index (χ2v) is 7.26. The molecule has 0 spiro atoms. The van der Waals surface area contributed by atoms with E-state index in [0.717, 1.165) is 29.7 Å². The number of rotatable bonds is 7. The van der Waals surface area contributed by atoms with Crippen molar-refractivity contribution >= 4 is 10.3 Å². The van der Waals surface area contributed by atoms with E-state index in [1.54, 1.807) is 12.1 Å². The molecule has 0 saturated heterocycles. The van der Waals surface area contributed by atoms with Crippen LogP contribution in [0.4, 0.5) is 0 Å². The summed E-state index contributed by atoms with van der Waals surface area (Å²) in [6, 6.07) is 5.46. The predicted molar refractivity (Wildman–Crippen MR) is 83.1 cm³/mol. The minimum absolute atomic E-state index is 0.0313. The molecular formula is C15H23NO5S. The van der Waals surface area contributed by atoms with E-state index in [0.29, 0.717) is 6.61 Å². The van der Waals surface area contributed by atoms with Crippen LogP contribution >= 0.6 is 0 Å². The monoisotopic (exact) mass is 329 g/mol. The van der Waals surface area contributed by atoms with Gasteiger partial charge < -0.3 is 9.47 Å². The molecule has 22 heavy (non-hydrogen) atoms. The van der Waals surface area contributed by atoms with Crippen molar-refractivity contribution < 1.29 is 22.4 Å². The van der Waals surface area contributed by atoms with Crippen molar-refractivity contribution in [3.63, 3.8) is 0 Å². The molecule has 0 aromatic heterocycles. The van der Waals surface area contributed by atoms with Crippen molar-refractivity contribution in [2.24, 2.45) is 0 Å². The molecular weight excluding hydrogens is 306 g/mol. The number of fused-ring (bicyclic) bond motifs is 1. The standard InChI is InChI=1S/C15H23NO5S/c1-4-5-8-20-14-15(2,3)12-9-11(6-7-13(12)21-14)10-16-22(17,18)19/h6-7,9,14,16H,4-5,8,10H2,1-3H3,(H,17,18,19). The van der Waals surface area contributed by atoms with Gasteiger partial charge in [0, 0.05) is 12.1 Å². The fourth-order valence-corrected chi connectivity index (χ4v) is 2.78. The minimum Gasteiger partial charge on any atom is -0.464 e. The maximum atomic E-state index is 10.8. The number of ether oxygens (including phenoxy) is 2. The molecule has 0 saturated carbocycles. The van der Waals surface area contributed by atoms with Crippen LogP contribution in [0.5, 0.6) is 5.75 Å². The zero-order valence-electron chi connectivity index (χ0n) is 13.1. The second kappa shape index (κ2) is 6.54. The van der Waals surface area contributed by atoms with Gasteiger partial charge in [0.2, 0.25) is 6.29 Å². The summed E-state index contributed by atoms with van der Waals surface area (Å²) in [4.78, 5) is 0. The van der Waals surface area contributed by atoms with Crippen LogP contribution in [0.1, 0.15) is 44.7 Å². The molecule has 1 unspecified atom stereocenters. The van der Waals surface area contributed by atoms with Crippen molar-refractivity contribution in [2.75, 3.05) is 6.61 Å². The zero-order chi connectivity index (χ0) is 16.4. The molecule has 1 heterocycles. The Labute approximate surface area is 131 Å². The summed E-state index contributed by atoms with van der Waals surface area (Å²) in [5.41, 5.74) is 1.41. The highest BCUT2D eigenvalue weighted by Crippen LogP contribution is 2.43. The highest BCUT2D eigenvalue weighted by atomic mass is 32.2. The Hall–Kier alpha value is -1.15. The first-order chi connectivity index (χ1) is 10.2. The largest absolute Gasteiger partial charge is 0.464 e. The average molecular weight is 329 g/mol. The molecule has 0 aliphatic carbocycles. The zero-order valence-corrected chi connectivity index (χ0v) is 13.9. The Morgan fingerprint density at radius 3 is 2.77 bits per heavy atom. The number of benzene rings is 1. The van der Waals surface area contributed by atoms with Gasteiger partial charge >= 0.3 is 10.3 Å². The molecule has 0 radical (unpaired) electrons. The van der Waals surface area contributed by atoms with E-state index in [1.807, 2.05) is 19.9 Å². The van der Waals surface area contributed by atoms with Crippen molar-refractivity contribution in [3.05, 3.63) is 29.3 Å². The topological polar surface area (TPSA) is 84.9 Å². The lowest BCUT2D eigenvalue weighted by Gasteiger charge is -2.25. The fourth-order valence-electron chi connectivity index (χ4n) is 2.43. The quantitative estimate of drug-likeness (QED) is 0.593. The van der Waals surface area contributed by atoms with Gasteiger partial charge in [-0.3, -0.25) is 4.55 Å². The fraction of sp³-hybridized carbons (Fsp3) is 0.600. The Kier molecular flexibility index (Phi) is 5.11. The van der Waals surface area contributed by atoms with Crippen molar-refractivity contribution in [3.8, 4) is 5.75 Å². The van der Waals surface area contributed by atoms with Crippen molar-refractivity contribution in [1.29, 1.82) is 0 Å². The summed E-state index contributed by atoms with van der Waals surface area (Å²) in [6.45, 7) is 6.86. The smallest absolute Gasteiger partial charge is 0.333 e. The molecule has 2 rings (SSSR count). The highest BCUT2D eigenvalue weighted by molar-refractivity contribution is 7.83. The Morgan fingerprint density at radius 2 is 2.14 bits per heavy atom. The Balaban J connectivity index is 2.13. The van der Waals surface area contributed by atoms with Gasteiger partial charge in [-0.25, -0.2) is 0 Å². The van der Waals surface area contributed by atoms with Crippen LogP contribution in [0.25, 0.3) is 0 Å². The third-order valence-corrected chi connectivity index (χ3v) is 4.30. The number of hydrogen-bond donors (Lipinski definition) is 2. The van der Waals surface area contributed by atoms with Crippen LogP contribution in [0, 0.1) is 0 Å². The third kappa shape index (κ3) is 3.98. The molecule has 1 aromatic rings. The summed E-state index contributed by atoms with van der Waals surface area (Å²) in [7, 11) is -4.20. The maximum absolute atomic E-state index is 10.8. The number of unbranched alkanes of at least 4 members (excludes halogenated alkanes) is 1. The van der Waals surface area contributed by atoms with E-state index >= 15 is 0 Å². The first kappa shape index (κ1) is 17.2. The molecule has 1 aliphatic heterocycles. The van der Waals surface area contributed by atoms with Gasteiger partial charge in [0.05, 0.1) is 12.0 Å². The molecule has 6 nitrogen and oxygen atoms in total. The third-order valence-electron chi connectivity index (χ3n) is 3.79. The lowest BCUT2D eigenvalue weighted by molar-refractivity contribution is -0.103. The Bertz CT molecular complexity index is 627. The van der Waals surface area contributed by atoms with Gasteiger partial charge in [-0.1, -0.05) is 19.4 Å². The van der Waals surface area contributed by atoms with Gasteiger partial charge in [0.15, 0.2) is 0 Å². The van der Waals surface area contributed by atoms with Crippen LogP contribution in [-0.4, -0.2) is 25.9 Å². The Morgan fingerprint density at radius 1 is 1.41 bits per heavy atom. The highest BCUT2D eigenvalue weighted by Gasteiger charge is 2.42. The van der Waals surface area contributed by atoms with Gasteiger partial charge in [-0.05, 0) is 38.0 Å². The van der Waals surface area contributed by atoms with E-state index in [2.05, 4.69) is 11.6 Å². The maximum Gasteiger partial charge on any atom is 0.333 e. The van der Waals surface area contributed by atoms with E-state index in [4.69, 9.17) is 14.0 Å². The molecule has 2 N–H and O–H groups in total. The number of hydrogen-bond acceptors (Lipinski definition) is 4. The molecule has 7 heteroatoms. The van der Waals surface area contributed by atoms with Crippen LogP contribution < -0.4 is 9.46 Å². The summed E-state index contributed by atoms with van der Waals surface area (Å²) < 4.78 is 44.0. The van der Waals surface area contributed by atoms with Crippen LogP contribution in [0.2, 0.25) is 0 Å². The van der Waals surface area contributed by atoms with Crippen molar-refractivity contribution in [2.45, 2.75) is 51.9 Å². The van der Waals surface area contributed by atoms with E-state index in [1.165, 1.54) is 0 Å². The van der Waals surface area contributed by atoms with Crippen LogP contribution in [0.15, 0.2) is 18.2 Å². The van der Waals surface area contributed by atoms with Gasteiger partial charge in [-0.15, -0.1) is 0 Å². The second-order valence-electron chi connectivity index (χ2n) is 6.02. The van der Waals surface area contributed by atoms with E-state index < -0.39 is 10.3 Å². The lowest BCUT2D eigenvalue weighted by atomic mass is 9.84. The van der Waals surface area contributed by atoms with Crippen LogP contribution in [0.3, 0.4) is 0 Å². The lowest BCUT2D eigenvalue weighted by Crippen LogP contribution is -2.35. The van der Waals surface area contributed by atoms with E-state index in [-0.39, 0.29) is 18.2 Å². The van der Waals surface area contributed by atoms with Gasteiger partial charge in [0.1, 0.15) is 5.75 Å².